The maximum absolute atomic E-state index is 13.4. The van der Waals surface area contributed by atoms with Gasteiger partial charge in [0.15, 0.2) is 11.6 Å². The van der Waals surface area contributed by atoms with Crippen LogP contribution in [-0.4, -0.2) is 11.6 Å². The minimum Gasteiger partial charge on any atom is -0.464 e. The van der Waals surface area contributed by atoms with Crippen LogP contribution in [0.1, 0.15) is 48.9 Å². The molecule has 0 radical (unpaired) electrons. The van der Waals surface area contributed by atoms with E-state index in [0.717, 1.165) is 5.56 Å². The van der Waals surface area contributed by atoms with Crippen molar-refractivity contribution in [3.8, 4) is 0 Å². The van der Waals surface area contributed by atoms with Crippen molar-refractivity contribution < 1.29 is 14.0 Å². The highest BCUT2D eigenvalue weighted by molar-refractivity contribution is 6.20. The van der Waals surface area contributed by atoms with E-state index in [-0.39, 0.29) is 11.6 Å². The first-order chi connectivity index (χ1) is 14.1. The number of aryl methyl sites for hydroxylation is 1. The lowest BCUT2D eigenvalue weighted by Gasteiger charge is -2.06. The fourth-order valence-electron chi connectivity index (χ4n) is 3.49. The molecule has 0 bridgehead atoms. The zero-order chi connectivity index (χ0) is 20.2. The summed E-state index contributed by atoms with van der Waals surface area (Å²) in [7, 11) is 0. The van der Waals surface area contributed by atoms with Crippen LogP contribution in [-0.2, 0) is 6.42 Å². The topological polar surface area (TPSA) is 47.3 Å². The minimum atomic E-state index is -0.203. The van der Waals surface area contributed by atoms with Gasteiger partial charge in [-0.2, -0.15) is 0 Å². The number of hydrogen-bond donors (Lipinski definition) is 0. The number of benzene rings is 3. The van der Waals surface area contributed by atoms with Gasteiger partial charge in [-0.3, -0.25) is 9.59 Å². The maximum atomic E-state index is 13.4. The molecule has 0 spiro atoms. The van der Waals surface area contributed by atoms with E-state index in [1.807, 2.05) is 66.7 Å². The zero-order valence-electron chi connectivity index (χ0n) is 16.1. The molecule has 4 rings (SSSR count). The van der Waals surface area contributed by atoms with Crippen LogP contribution < -0.4 is 0 Å². The standard InChI is InChI=1S/C26H20O3/c1-18-23(25(27)20-13-7-3-8-14-20)24(26(28)21-15-9-4-10-16-21)22(29-18)17-19-11-5-2-6-12-19/h2-16H,17H2,1H3. The fourth-order valence-corrected chi connectivity index (χ4v) is 3.49. The predicted molar refractivity (Wildman–Crippen MR) is 112 cm³/mol. The molecule has 0 N–H and O–H groups in total. The van der Waals surface area contributed by atoms with Crippen molar-refractivity contribution in [1.82, 2.24) is 0 Å². The van der Waals surface area contributed by atoms with Crippen molar-refractivity contribution in [2.75, 3.05) is 0 Å². The molecular formula is C26H20O3. The van der Waals surface area contributed by atoms with Crippen molar-refractivity contribution >= 4 is 11.6 Å². The summed E-state index contributed by atoms with van der Waals surface area (Å²) >= 11 is 0. The number of furan rings is 1. The van der Waals surface area contributed by atoms with Gasteiger partial charge >= 0.3 is 0 Å². The molecule has 0 fully saturated rings. The summed E-state index contributed by atoms with van der Waals surface area (Å²) in [5.74, 6) is 0.573. The Kier molecular flexibility index (Phi) is 5.21. The number of hydrogen-bond acceptors (Lipinski definition) is 3. The van der Waals surface area contributed by atoms with E-state index in [1.165, 1.54) is 0 Å². The number of rotatable bonds is 6. The van der Waals surface area contributed by atoms with E-state index >= 15 is 0 Å². The first-order valence-electron chi connectivity index (χ1n) is 9.51. The normalized spacial score (nSPS) is 10.7. The van der Waals surface area contributed by atoms with Crippen LogP contribution in [0.15, 0.2) is 95.4 Å². The minimum absolute atomic E-state index is 0.201. The van der Waals surface area contributed by atoms with Gasteiger partial charge in [-0.25, -0.2) is 0 Å². The molecule has 3 heteroatoms. The van der Waals surface area contributed by atoms with Gasteiger partial charge in [-0.1, -0.05) is 91.0 Å². The van der Waals surface area contributed by atoms with Crippen LogP contribution in [0, 0.1) is 6.92 Å². The third-order valence-electron chi connectivity index (χ3n) is 4.89. The Morgan fingerprint density at radius 2 is 1.10 bits per heavy atom. The van der Waals surface area contributed by atoms with Crippen molar-refractivity contribution in [3.63, 3.8) is 0 Å². The molecule has 1 heterocycles. The summed E-state index contributed by atoms with van der Waals surface area (Å²) in [6.45, 7) is 1.74. The number of carbonyl (C=O) groups is 2. The Labute approximate surface area is 169 Å². The van der Waals surface area contributed by atoms with E-state index < -0.39 is 0 Å². The molecule has 0 aliphatic rings. The zero-order valence-corrected chi connectivity index (χ0v) is 16.1. The molecule has 142 valence electrons. The largest absolute Gasteiger partial charge is 0.464 e. The predicted octanol–water partition coefficient (Wildman–Crippen LogP) is 5.64. The van der Waals surface area contributed by atoms with Gasteiger partial charge in [0.25, 0.3) is 0 Å². The SMILES string of the molecule is Cc1oc(Cc2ccccc2)c(C(=O)c2ccccc2)c1C(=O)c1ccccc1. The Morgan fingerprint density at radius 3 is 1.62 bits per heavy atom. The van der Waals surface area contributed by atoms with Gasteiger partial charge < -0.3 is 4.42 Å². The molecule has 0 amide bonds. The summed E-state index contributed by atoms with van der Waals surface area (Å²) in [4.78, 5) is 26.7. The molecule has 1 aromatic heterocycles. The quantitative estimate of drug-likeness (QED) is 0.407. The van der Waals surface area contributed by atoms with Gasteiger partial charge in [-0.15, -0.1) is 0 Å². The summed E-state index contributed by atoms with van der Waals surface area (Å²) in [6.07, 6.45) is 0.442. The molecule has 3 nitrogen and oxygen atoms in total. The molecule has 29 heavy (non-hydrogen) atoms. The van der Waals surface area contributed by atoms with Gasteiger partial charge in [-0.05, 0) is 12.5 Å². The Balaban J connectivity index is 1.86. The van der Waals surface area contributed by atoms with Gasteiger partial charge in [0.2, 0.25) is 0 Å². The fraction of sp³-hybridized carbons (Fsp3) is 0.0769. The van der Waals surface area contributed by atoms with E-state index in [2.05, 4.69) is 0 Å². The molecule has 0 aliphatic heterocycles. The van der Waals surface area contributed by atoms with Crippen LogP contribution in [0.3, 0.4) is 0 Å². The Bertz CT molecular complexity index is 1140. The third kappa shape index (κ3) is 3.81. The maximum Gasteiger partial charge on any atom is 0.197 e. The third-order valence-corrected chi connectivity index (χ3v) is 4.89. The molecule has 3 aromatic carbocycles. The van der Waals surface area contributed by atoms with Crippen molar-refractivity contribution in [2.45, 2.75) is 13.3 Å². The number of ketones is 2. The molecule has 0 saturated carbocycles. The lowest BCUT2D eigenvalue weighted by Crippen LogP contribution is -2.12. The molecule has 0 aliphatic carbocycles. The lowest BCUT2D eigenvalue weighted by atomic mass is 9.92. The lowest BCUT2D eigenvalue weighted by molar-refractivity contribution is 0.100. The summed E-state index contributed by atoms with van der Waals surface area (Å²) in [5.41, 5.74) is 2.78. The van der Waals surface area contributed by atoms with Crippen LogP contribution in [0.4, 0.5) is 0 Å². The van der Waals surface area contributed by atoms with E-state index in [9.17, 15) is 9.59 Å². The highest BCUT2D eigenvalue weighted by atomic mass is 16.3. The van der Waals surface area contributed by atoms with Gasteiger partial charge in [0.1, 0.15) is 11.5 Å². The van der Waals surface area contributed by atoms with E-state index in [1.54, 1.807) is 31.2 Å². The Hall–Kier alpha value is -3.72. The van der Waals surface area contributed by atoms with Crippen molar-refractivity contribution in [3.05, 3.63) is 130 Å². The smallest absolute Gasteiger partial charge is 0.197 e. The van der Waals surface area contributed by atoms with Crippen molar-refractivity contribution in [2.24, 2.45) is 0 Å². The van der Waals surface area contributed by atoms with E-state index in [4.69, 9.17) is 4.42 Å². The second-order valence-electron chi connectivity index (χ2n) is 6.88. The van der Waals surface area contributed by atoms with Gasteiger partial charge in [0.05, 0.1) is 11.1 Å². The molecule has 0 saturated heterocycles. The highest BCUT2D eigenvalue weighted by Crippen LogP contribution is 2.29. The first-order valence-corrected chi connectivity index (χ1v) is 9.51. The van der Waals surface area contributed by atoms with Crippen LogP contribution in [0.25, 0.3) is 0 Å². The van der Waals surface area contributed by atoms with Crippen LogP contribution in [0.2, 0.25) is 0 Å². The summed E-state index contributed by atoms with van der Waals surface area (Å²) in [5, 5.41) is 0. The molecule has 0 atom stereocenters. The monoisotopic (exact) mass is 380 g/mol. The average molecular weight is 380 g/mol. The van der Waals surface area contributed by atoms with Crippen LogP contribution in [0.5, 0.6) is 0 Å². The second kappa shape index (κ2) is 8.11. The van der Waals surface area contributed by atoms with Gasteiger partial charge in [0, 0.05) is 17.5 Å². The summed E-state index contributed by atoms with van der Waals surface area (Å²) < 4.78 is 5.99. The average Bonchev–Trinajstić information content (AvgIpc) is 3.10. The van der Waals surface area contributed by atoms with Crippen molar-refractivity contribution in [1.29, 1.82) is 0 Å². The Morgan fingerprint density at radius 1 is 0.655 bits per heavy atom. The first kappa shape index (κ1) is 18.6. The second-order valence-corrected chi connectivity index (χ2v) is 6.88. The van der Waals surface area contributed by atoms with Crippen LogP contribution >= 0.6 is 0 Å². The van der Waals surface area contributed by atoms with E-state index in [0.29, 0.717) is 40.2 Å². The molecule has 0 unspecified atom stereocenters. The number of carbonyl (C=O) groups excluding carboxylic acids is 2. The summed E-state index contributed by atoms with van der Waals surface area (Å²) in [6, 6.07) is 27.8. The molecule has 4 aromatic rings. The molecular weight excluding hydrogens is 360 g/mol. The highest BCUT2D eigenvalue weighted by Gasteiger charge is 2.29.